The standard InChI is InChI=1S/C17H20N2O4/c1-12-10-15(23-19-12)11-21-13-5-7-14(8-6-13)22-16-4-2-3-9-18-17(16)20/h5-8,10,16H,2-4,9,11H2,1H3,(H,18,20)/t16-/m1/s1. The third-order valence-corrected chi connectivity index (χ3v) is 3.64. The first-order valence-corrected chi connectivity index (χ1v) is 7.80. The molecule has 0 aliphatic carbocycles. The molecule has 1 saturated heterocycles. The smallest absolute Gasteiger partial charge is 0.261 e. The summed E-state index contributed by atoms with van der Waals surface area (Å²) in [4.78, 5) is 11.9. The Morgan fingerprint density at radius 1 is 1.26 bits per heavy atom. The third-order valence-electron chi connectivity index (χ3n) is 3.64. The zero-order chi connectivity index (χ0) is 16.1. The van der Waals surface area contributed by atoms with E-state index < -0.39 is 6.10 Å². The van der Waals surface area contributed by atoms with E-state index in [1.54, 1.807) is 12.1 Å². The van der Waals surface area contributed by atoms with E-state index in [0.717, 1.165) is 31.5 Å². The van der Waals surface area contributed by atoms with Crippen molar-refractivity contribution in [1.29, 1.82) is 0 Å². The quantitative estimate of drug-likeness (QED) is 0.918. The monoisotopic (exact) mass is 316 g/mol. The van der Waals surface area contributed by atoms with E-state index in [4.69, 9.17) is 14.0 Å². The number of carbonyl (C=O) groups is 1. The number of carbonyl (C=O) groups excluding carboxylic acids is 1. The molecule has 1 aliphatic heterocycles. The summed E-state index contributed by atoms with van der Waals surface area (Å²) < 4.78 is 16.5. The first-order chi connectivity index (χ1) is 11.2. The van der Waals surface area contributed by atoms with Crippen molar-refractivity contribution in [2.75, 3.05) is 6.54 Å². The average molecular weight is 316 g/mol. The van der Waals surface area contributed by atoms with Crippen molar-refractivity contribution < 1.29 is 18.8 Å². The lowest BCUT2D eigenvalue weighted by molar-refractivity contribution is -0.127. The predicted octanol–water partition coefficient (Wildman–Crippen LogP) is 2.61. The second kappa shape index (κ2) is 7.17. The molecule has 1 amide bonds. The Kier molecular flexibility index (Phi) is 4.80. The number of hydrogen-bond donors (Lipinski definition) is 1. The van der Waals surface area contributed by atoms with Crippen molar-refractivity contribution >= 4 is 5.91 Å². The number of hydrogen-bond acceptors (Lipinski definition) is 5. The SMILES string of the molecule is Cc1cc(COc2ccc(O[C@@H]3CCCCNC3=O)cc2)on1. The van der Waals surface area contributed by atoms with Crippen molar-refractivity contribution in [3.8, 4) is 11.5 Å². The maximum absolute atomic E-state index is 11.9. The highest BCUT2D eigenvalue weighted by atomic mass is 16.5. The largest absolute Gasteiger partial charge is 0.486 e. The van der Waals surface area contributed by atoms with Crippen LogP contribution in [0.2, 0.25) is 0 Å². The van der Waals surface area contributed by atoms with Crippen LogP contribution in [0.1, 0.15) is 30.7 Å². The molecule has 2 heterocycles. The number of ether oxygens (including phenoxy) is 2. The number of aryl methyl sites for hydroxylation is 1. The van der Waals surface area contributed by atoms with Crippen LogP contribution in [0, 0.1) is 6.92 Å². The van der Waals surface area contributed by atoms with Gasteiger partial charge in [0.1, 0.15) is 18.1 Å². The Morgan fingerprint density at radius 3 is 2.78 bits per heavy atom. The summed E-state index contributed by atoms with van der Waals surface area (Å²) in [6.07, 6.45) is 2.32. The third kappa shape index (κ3) is 4.25. The normalized spacial score (nSPS) is 18.1. The van der Waals surface area contributed by atoms with Crippen LogP contribution in [0.5, 0.6) is 11.5 Å². The average Bonchev–Trinajstić information content (AvgIpc) is 2.87. The summed E-state index contributed by atoms with van der Waals surface area (Å²) in [5.41, 5.74) is 0.828. The topological polar surface area (TPSA) is 73.6 Å². The van der Waals surface area contributed by atoms with Gasteiger partial charge in [0.25, 0.3) is 5.91 Å². The van der Waals surface area contributed by atoms with Crippen LogP contribution < -0.4 is 14.8 Å². The van der Waals surface area contributed by atoms with Gasteiger partial charge in [-0.05, 0) is 50.5 Å². The van der Waals surface area contributed by atoms with Crippen LogP contribution in [0.25, 0.3) is 0 Å². The number of benzene rings is 1. The lowest BCUT2D eigenvalue weighted by Crippen LogP contribution is -2.36. The molecule has 6 heteroatoms. The van der Waals surface area contributed by atoms with Crippen LogP contribution in [0.3, 0.4) is 0 Å². The van der Waals surface area contributed by atoms with Crippen LogP contribution in [0.4, 0.5) is 0 Å². The summed E-state index contributed by atoms with van der Waals surface area (Å²) in [7, 11) is 0. The van der Waals surface area contributed by atoms with Gasteiger partial charge in [-0.2, -0.15) is 0 Å². The fraction of sp³-hybridized carbons (Fsp3) is 0.412. The predicted molar refractivity (Wildman–Crippen MR) is 83.3 cm³/mol. The Hall–Kier alpha value is -2.50. The molecular weight excluding hydrogens is 296 g/mol. The van der Waals surface area contributed by atoms with Gasteiger partial charge in [0, 0.05) is 12.6 Å². The van der Waals surface area contributed by atoms with E-state index in [1.165, 1.54) is 0 Å². The lowest BCUT2D eigenvalue weighted by Gasteiger charge is -2.16. The second-order valence-corrected chi connectivity index (χ2v) is 5.59. The second-order valence-electron chi connectivity index (χ2n) is 5.59. The van der Waals surface area contributed by atoms with Crippen LogP contribution >= 0.6 is 0 Å². The van der Waals surface area contributed by atoms with Crippen molar-refractivity contribution in [2.24, 2.45) is 0 Å². The summed E-state index contributed by atoms with van der Waals surface area (Å²) in [5, 5.41) is 6.67. The van der Waals surface area contributed by atoms with Crippen LogP contribution in [-0.2, 0) is 11.4 Å². The van der Waals surface area contributed by atoms with Gasteiger partial charge in [0.2, 0.25) is 0 Å². The molecule has 0 unspecified atom stereocenters. The molecule has 0 bridgehead atoms. The molecule has 1 N–H and O–H groups in total. The number of rotatable bonds is 5. The van der Waals surface area contributed by atoms with E-state index in [9.17, 15) is 4.79 Å². The Labute approximate surface area is 134 Å². The molecular formula is C17H20N2O4. The molecule has 1 atom stereocenters. The van der Waals surface area contributed by atoms with Crippen molar-refractivity contribution in [2.45, 2.75) is 38.9 Å². The summed E-state index contributed by atoms with van der Waals surface area (Å²) in [6, 6.07) is 9.07. The van der Waals surface area contributed by atoms with Gasteiger partial charge in [0.05, 0.1) is 5.69 Å². The van der Waals surface area contributed by atoms with Gasteiger partial charge in [-0.25, -0.2) is 0 Å². The van der Waals surface area contributed by atoms with E-state index in [1.807, 2.05) is 25.1 Å². The molecule has 6 nitrogen and oxygen atoms in total. The molecule has 0 spiro atoms. The maximum Gasteiger partial charge on any atom is 0.261 e. The minimum Gasteiger partial charge on any atom is -0.486 e. The summed E-state index contributed by atoms with van der Waals surface area (Å²) in [6.45, 7) is 2.92. The number of aromatic nitrogens is 1. The minimum absolute atomic E-state index is 0.0384. The molecule has 1 fully saturated rings. The first kappa shape index (κ1) is 15.4. The number of nitrogens with zero attached hydrogens (tertiary/aromatic N) is 1. The zero-order valence-corrected chi connectivity index (χ0v) is 13.1. The van der Waals surface area contributed by atoms with Crippen LogP contribution in [0.15, 0.2) is 34.9 Å². The Balaban J connectivity index is 1.55. The molecule has 122 valence electrons. The van der Waals surface area contributed by atoms with E-state index in [0.29, 0.717) is 23.9 Å². The van der Waals surface area contributed by atoms with Gasteiger partial charge >= 0.3 is 0 Å². The van der Waals surface area contributed by atoms with Gasteiger partial charge in [-0.3, -0.25) is 4.79 Å². The molecule has 23 heavy (non-hydrogen) atoms. The molecule has 3 rings (SSSR count). The van der Waals surface area contributed by atoms with Gasteiger partial charge in [-0.1, -0.05) is 5.16 Å². The van der Waals surface area contributed by atoms with Crippen molar-refractivity contribution in [3.63, 3.8) is 0 Å². The molecule has 0 radical (unpaired) electrons. The zero-order valence-electron chi connectivity index (χ0n) is 13.1. The maximum atomic E-state index is 11.9. The summed E-state index contributed by atoms with van der Waals surface area (Å²) in [5.74, 6) is 2.01. The fourth-order valence-electron chi connectivity index (χ4n) is 2.44. The van der Waals surface area contributed by atoms with Crippen molar-refractivity contribution in [1.82, 2.24) is 10.5 Å². The van der Waals surface area contributed by atoms with E-state index in [2.05, 4.69) is 10.5 Å². The van der Waals surface area contributed by atoms with Gasteiger partial charge < -0.3 is 19.3 Å². The highest BCUT2D eigenvalue weighted by Crippen LogP contribution is 2.21. The Morgan fingerprint density at radius 2 is 2.04 bits per heavy atom. The molecule has 1 aliphatic rings. The highest BCUT2D eigenvalue weighted by Gasteiger charge is 2.22. The van der Waals surface area contributed by atoms with E-state index >= 15 is 0 Å². The molecule has 0 saturated carbocycles. The fourth-order valence-corrected chi connectivity index (χ4v) is 2.44. The number of amides is 1. The van der Waals surface area contributed by atoms with Crippen LogP contribution in [-0.4, -0.2) is 23.7 Å². The molecule has 1 aromatic heterocycles. The minimum atomic E-state index is -0.415. The lowest BCUT2D eigenvalue weighted by atomic mass is 10.2. The van der Waals surface area contributed by atoms with Gasteiger partial charge in [0.15, 0.2) is 11.9 Å². The number of nitrogens with one attached hydrogen (secondary N) is 1. The van der Waals surface area contributed by atoms with Gasteiger partial charge in [-0.15, -0.1) is 0 Å². The first-order valence-electron chi connectivity index (χ1n) is 7.80. The van der Waals surface area contributed by atoms with Crippen molar-refractivity contribution in [3.05, 3.63) is 41.8 Å². The Bertz CT molecular complexity index is 651. The molecule has 2 aromatic rings. The molecule has 1 aromatic carbocycles. The highest BCUT2D eigenvalue weighted by molar-refractivity contribution is 5.81. The summed E-state index contributed by atoms with van der Waals surface area (Å²) >= 11 is 0. The van der Waals surface area contributed by atoms with E-state index in [-0.39, 0.29) is 5.91 Å².